The molecule has 0 unspecified atom stereocenters. The minimum atomic E-state index is -0.743. The summed E-state index contributed by atoms with van der Waals surface area (Å²) in [7, 11) is 0. The lowest BCUT2D eigenvalue weighted by molar-refractivity contribution is -0.140. The molecule has 2 rings (SSSR count). The third-order valence-corrected chi connectivity index (χ3v) is 3.66. The Morgan fingerprint density at radius 2 is 1.10 bits per heavy atom. The van der Waals surface area contributed by atoms with Crippen LogP contribution in [0.2, 0.25) is 0 Å². The fourth-order valence-corrected chi connectivity index (χ4v) is 2.41. The number of H-pyrrole nitrogens is 4. The molecule has 12 heteroatoms. The van der Waals surface area contributed by atoms with Gasteiger partial charge in [0.1, 0.15) is 0 Å². The van der Waals surface area contributed by atoms with E-state index in [1.165, 1.54) is 12.1 Å². The summed E-state index contributed by atoms with van der Waals surface area (Å²) in [5.41, 5.74) is -1.41. The van der Waals surface area contributed by atoms with Crippen LogP contribution in [0.4, 0.5) is 0 Å². The molecular formula is C18H20N4O8. The lowest BCUT2D eigenvalue weighted by Gasteiger charge is -2.03. The first kappa shape index (κ1) is 22.3. The molecule has 0 spiro atoms. The van der Waals surface area contributed by atoms with E-state index in [1.54, 1.807) is 0 Å². The summed E-state index contributed by atoms with van der Waals surface area (Å²) in [5.74, 6) is -1.49. The van der Waals surface area contributed by atoms with Gasteiger partial charge in [0.15, 0.2) is 0 Å². The van der Waals surface area contributed by atoms with Gasteiger partial charge in [-0.25, -0.2) is 19.2 Å². The third-order valence-electron chi connectivity index (χ3n) is 3.66. The van der Waals surface area contributed by atoms with E-state index in [2.05, 4.69) is 9.97 Å². The quantitative estimate of drug-likeness (QED) is 0.206. The van der Waals surface area contributed by atoms with Gasteiger partial charge in [0, 0.05) is 35.7 Å². The Labute approximate surface area is 168 Å². The zero-order valence-electron chi connectivity index (χ0n) is 15.8. The van der Waals surface area contributed by atoms with Crippen LogP contribution in [0, 0.1) is 0 Å². The van der Waals surface area contributed by atoms with Gasteiger partial charge in [-0.3, -0.25) is 19.6 Å². The van der Waals surface area contributed by atoms with Crippen LogP contribution >= 0.6 is 0 Å². The van der Waals surface area contributed by atoms with E-state index in [1.807, 2.05) is 9.97 Å². The summed E-state index contributed by atoms with van der Waals surface area (Å²) in [6, 6.07) is 2.49. The van der Waals surface area contributed by atoms with Gasteiger partial charge in [0.05, 0.1) is 13.2 Å². The molecule has 0 aliphatic carbocycles. The molecule has 0 aliphatic rings. The number of carbonyl (C=O) groups excluding carboxylic acids is 2. The van der Waals surface area contributed by atoms with Crippen LogP contribution < -0.4 is 22.5 Å². The summed E-state index contributed by atoms with van der Waals surface area (Å²) in [4.78, 5) is 76.6. The SMILES string of the molecule is O=C(/C=C/C(=O)OCCCc1cc(=O)[nH]c(=O)[nH]1)OCCCc1cc(=O)[nH]c(=O)[nH]1. The first-order valence-corrected chi connectivity index (χ1v) is 8.98. The van der Waals surface area contributed by atoms with Gasteiger partial charge in [-0.15, -0.1) is 0 Å². The summed E-state index contributed by atoms with van der Waals surface area (Å²) < 4.78 is 9.81. The van der Waals surface area contributed by atoms with Crippen LogP contribution in [0.1, 0.15) is 24.2 Å². The van der Waals surface area contributed by atoms with Crippen LogP contribution in [0.3, 0.4) is 0 Å². The topological polar surface area (TPSA) is 184 Å². The average Bonchev–Trinajstić information content (AvgIpc) is 2.65. The smallest absolute Gasteiger partial charge is 0.331 e. The van der Waals surface area contributed by atoms with Gasteiger partial charge < -0.3 is 19.4 Å². The van der Waals surface area contributed by atoms with Crippen molar-refractivity contribution in [3.05, 3.63) is 77.3 Å². The molecule has 0 atom stereocenters. The predicted octanol–water partition coefficient (Wildman–Crippen LogP) is -1.35. The summed E-state index contributed by atoms with van der Waals surface area (Å²) in [6.45, 7) is 0.0585. The molecule has 0 fully saturated rings. The first-order chi connectivity index (χ1) is 14.3. The maximum atomic E-state index is 11.5. The number of hydrogen-bond donors (Lipinski definition) is 4. The minimum Gasteiger partial charge on any atom is -0.463 e. The van der Waals surface area contributed by atoms with Gasteiger partial charge in [-0.2, -0.15) is 0 Å². The van der Waals surface area contributed by atoms with Crippen molar-refractivity contribution in [2.24, 2.45) is 0 Å². The van der Waals surface area contributed by atoms with Gasteiger partial charge in [0.25, 0.3) is 11.1 Å². The monoisotopic (exact) mass is 420 g/mol. The lowest BCUT2D eigenvalue weighted by atomic mass is 10.2. The number of ether oxygens (including phenoxy) is 2. The number of esters is 2. The molecule has 0 aromatic carbocycles. The van der Waals surface area contributed by atoms with Gasteiger partial charge in [0.2, 0.25) is 0 Å². The molecule has 4 N–H and O–H groups in total. The van der Waals surface area contributed by atoms with E-state index in [-0.39, 0.29) is 13.2 Å². The molecule has 30 heavy (non-hydrogen) atoms. The van der Waals surface area contributed by atoms with Gasteiger partial charge in [-0.05, 0) is 25.7 Å². The molecule has 0 bridgehead atoms. The number of hydrogen-bond acceptors (Lipinski definition) is 8. The van der Waals surface area contributed by atoms with Crippen molar-refractivity contribution < 1.29 is 19.1 Å². The number of rotatable bonds is 10. The Kier molecular flexibility index (Phi) is 8.29. The summed E-state index contributed by atoms with van der Waals surface area (Å²) >= 11 is 0. The second kappa shape index (κ2) is 11.1. The molecule has 12 nitrogen and oxygen atoms in total. The Morgan fingerprint density at radius 3 is 1.47 bits per heavy atom. The zero-order chi connectivity index (χ0) is 21.9. The van der Waals surface area contributed by atoms with E-state index >= 15 is 0 Å². The normalized spacial score (nSPS) is 10.8. The molecule has 0 amide bonds. The van der Waals surface area contributed by atoms with Crippen molar-refractivity contribution >= 4 is 11.9 Å². The van der Waals surface area contributed by atoms with Crippen LogP contribution in [0.15, 0.2) is 43.5 Å². The van der Waals surface area contributed by atoms with Crippen molar-refractivity contribution in [2.75, 3.05) is 13.2 Å². The Balaban J connectivity index is 1.62. The highest BCUT2D eigenvalue weighted by Gasteiger charge is 2.03. The summed E-state index contributed by atoms with van der Waals surface area (Å²) in [5, 5.41) is 0. The molecule has 0 radical (unpaired) electrons. The highest BCUT2D eigenvalue weighted by Crippen LogP contribution is 1.97. The predicted molar refractivity (Wildman–Crippen MR) is 103 cm³/mol. The van der Waals surface area contributed by atoms with Gasteiger partial charge in [-0.1, -0.05) is 0 Å². The Bertz CT molecular complexity index is 992. The summed E-state index contributed by atoms with van der Waals surface area (Å²) in [6.07, 6.45) is 3.24. The zero-order valence-corrected chi connectivity index (χ0v) is 15.8. The van der Waals surface area contributed by atoms with Crippen LogP contribution in [0.25, 0.3) is 0 Å². The fourth-order valence-electron chi connectivity index (χ4n) is 2.41. The van der Waals surface area contributed by atoms with Crippen molar-refractivity contribution in [3.8, 4) is 0 Å². The lowest BCUT2D eigenvalue weighted by Crippen LogP contribution is -2.23. The standard InChI is InChI=1S/C18H20N4O8/c23-13-9-11(19-17(27)21-13)3-1-7-29-15(25)5-6-16(26)30-8-2-4-12-10-14(24)22-18(28)20-12/h5-6,9-10H,1-4,7-8H2,(H2,19,21,23,27)(H2,20,22,24,28)/b6-5+. The molecule has 0 saturated heterocycles. The number of carbonyl (C=O) groups is 2. The fraction of sp³-hybridized carbons (Fsp3) is 0.333. The maximum absolute atomic E-state index is 11.5. The second-order valence-corrected chi connectivity index (χ2v) is 6.10. The van der Waals surface area contributed by atoms with E-state index in [0.29, 0.717) is 37.1 Å². The molecule has 0 aliphatic heterocycles. The highest BCUT2D eigenvalue weighted by atomic mass is 16.5. The molecule has 0 saturated carbocycles. The first-order valence-electron chi connectivity index (χ1n) is 8.98. The van der Waals surface area contributed by atoms with Gasteiger partial charge >= 0.3 is 23.3 Å². The van der Waals surface area contributed by atoms with E-state index in [0.717, 1.165) is 12.2 Å². The molecule has 2 aromatic rings. The van der Waals surface area contributed by atoms with Crippen molar-refractivity contribution in [1.29, 1.82) is 0 Å². The number of nitrogens with one attached hydrogen (secondary N) is 4. The average molecular weight is 420 g/mol. The van der Waals surface area contributed by atoms with E-state index < -0.39 is 34.4 Å². The van der Waals surface area contributed by atoms with Crippen molar-refractivity contribution in [3.63, 3.8) is 0 Å². The van der Waals surface area contributed by atoms with Crippen molar-refractivity contribution in [2.45, 2.75) is 25.7 Å². The van der Waals surface area contributed by atoms with E-state index in [9.17, 15) is 28.8 Å². The highest BCUT2D eigenvalue weighted by molar-refractivity contribution is 5.91. The number of aryl methyl sites for hydroxylation is 2. The molecule has 2 heterocycles. The number of aromatic nitrogens is 4. The number of aromatic amines is 4. The molecular weight excluding hydrogens is 400 g/mol. The Hall–Kier alpha value is -3.96. The molecule has 2 aromatic heterocycles. The third kappa shape index (κ3) is 8.37. The minimum absolute atomic E-state index is 0.0292. The van der Waals surface area contributed by atoms with E-state index in [4.69, 9.17) is 9.47 Å². The van der Waals surface area contributed by atoms with Crippen LogP contribution in [-0.2, 0) is 31.9 Å². The van der Waals surface area contributed by atoms with Crippen LogP contribution in [0.5, 0.6) is 0 Å². The van der Waals surface area contributed by atoms with Crippen LogP contribution in [-0.4, -0.2) is 45.1 Å². The largest absolute Gasteiger partial charge is 0.463 e. The van der Waals surface area contributed by atoms with Crippen molar-refractivity contribution in [1.82, 2.24) is 19.9 Å². The maximum Gasteiger partial charge on any atom is 0.331 e. The molecule has 160 valence electrons. The second-order valence-electron chi connectivity index (χ2n) is 6.10. The Morgan fingerprint density at radius 1 is 0.700 bits per heavy atom.